The van der Waals surface area contributed by atoms with Crippen molar-refractivity contribution >= 4 is 34.7 Å². The molecule has 2 N–H and O–H groups in total. The molecule has 1 fully saturated rings. The van der Waals surface area contributed by atoms with Crippen LogP contribution in [0.2, 0.25) is 0 Å². The van der Waals surface area contributed by atoms with E-state index in [4.69, 9.17) is 18.9 Å². The Hall–Kier alpha value is -1.43. The van der Waals surface area contributed by atoms with Gasteiger partial charge in [0.15, 0.2) is 0 Å². The number of halogens is 1. The Kier molecular flexibility index (Phi) is 5.46. The highest BCUT2D eigenvalue weighted by Crippen LogP contribution is 2.33. The van der Waals surface area contributed by atoms with Crippen LogP contribution in [0.25, 0.3) is 0 Å². The first-order valence-corrected chi connectivity index (χ1v) is 8.80. The van der Waals surface area contributed by atoms with Crippen LogP contribution in [0, 0.1) is 5.92 Å². The quantitative estimate of drug-likeness (QED) is 0.223. The summed E-state index contributed by atoms with van der Waals surface area (Å²) in [5, 5.41) is 18.6. The molecule has 9 heteroatoms. The maximum absolute atomic E-state index is 11.9. The minimum absolute atomic E-state index is 0.183. The molecule has 0 amide bonds. The van der Waals surface area contributed by atoms with Gasteiger partial charge in [-0.2, -0.15) is 0 Å². The van der Waals surface area contributed by atoms with Crippen molar-refractivity contribution in [2.45, 2.75) is 35.5 Å². The summed E-state index contributed by atoms with van der Waals surface area (Å²) in [5.41, 5.74) is 0.904. The van der Waals surface area contributed by atoms with Crippen molar-refractivity contribution in [3.8, 4) is 5.75 Å². The van der Waals surface area contributed by atoms with Gasteiger partial charge in [-0.1, -0.05) is 12.1 Å². The lowest BCUT2D eigenvalue weighted by Gasteiger charge is -2.26. The van der Waals surface area contributed by atoms with Crippen molar-refractivity contribution < 1.29 is 38.7 Å². The van der Waals surface area contributed by atoms with E-state index in [0.717, 1.165) is 5.56 Å². The monoisotopic (exact) mass is 464 g/mol. The first kappa shape index (κ1) is 18.4. The minimum Gasteiger partial charge on any atom is -0.457 e. The third-order valence-corrected chi connectivity index (χ3v) is 4.60. The number of aliphatic hydroxyl groups is 2. The summed E-state index contributed by atoms with van der Waals surface area (Å²) in [6.07, 6.45) is -1.19. The number of carbonyl (C=O) groups is 2. The van der Waals surface area contributed by atoms with E-state index < -0.39 is 34.0 Å². The zero-order chi connectivity index (χ0) is 18.0. The van der Waals surface area contributed by atoms with Gasteiger partial charge in [0.2, 0.25) is 0 Å². The van der Waals surface area contributed by atoms with Gasteiger partial charge in [-0.15, -0.1) is 0 Å². The van der Waals surface area contributed by atoms with E-state index in [1.807, 2.05) is 0 Å². The average Bonchev–Trinajstić information content (AvgIpc) is 2.88. The first-order valence-electron chi connectivity index (χ1n) is 7.73. The molecule has 4 rings (SSSR count). The molecule has 0 saturated heterocycles. The van der Waals surface area contributed by atoms with Crippen molar-refractivity contribution in [3.05, 3.63) is 29.8 Å². The molecule has 3 aliphatic rings. The van der Waals surface area contributed by atoms with Crippen LogP contribution in [0.5, 0.6) is 5.75 Å². The molecule has 1 aliphatic carbocycles. The van der Waals surface area contributed by atoms with Crippen LogP contribution in [-0.2, 0) is 25.6 Å². The molecule has 25 heavy (non-hydrogen) atoms. The average molecular weight is 464 g/mol. The Morgan fingerprint density at radius 3 is 2.64 bits per heavy atom. The SMILES string of the molecule is O=C1Oc2ccc(cc2)COC[C@H]2[C@H](CC[C@@H]2OC(=O)C(O)(O)I)O1. The van der Waals surface area contributed by atoms with Crippen LogP contribution in [0.1, 0.15) is 18.4 Å². The fraction of sp³-hybridized carbons (Fsp3) is 0.500. The molecule has 3 atom stereocenters. The van der Waals surface area contributed by atoms with E-state index in [1.54, 1.807) is 24.3 Å². The van der Waals surface area contributed by atoms with Gasteiger partial charge in [0.05, 0.1) is 19.1 Å². The van der Waals surface area contributed by atoms with E-state index in [9.17, 15) is 19.8 Å². The molecule has 0 unspecified atom stereocenters. The molecule has 0 spiro atoms. The predicted molar refractivity (Wildman–Crippen MR) is 90.8 cm³/mol. The summed E-state index contributed by atoms with van der Waals surface area (Å²) in [4.78, 5) is 23.7. The topological polar surface area (TPSA) is 112 Å². The van der Waals surface area contributed by atoms with Crippen LogP contribution < -0.4 is 4.74 Å². The molecule has 0 radical (unpaired) electrons. The lowest BCUT2D eigenvalue weighted by Crippen LogP contribution is -2.40. The zero-order valence-corrected chi connectivity index (χ0v) is 15.2. The number of alkyl halides is 1. The van der Waals surface area contributed by atoms with Crippen LogP contribution in [-0.4, -0.2) is 44.9 Å². The van der Waals surface area contributed by atoms with Crippen molar-refractivity contribution in [1.82, 2.24) is 0 Å². The fourth-order valence-corrected chi connectivity index (χ4v) is 3.05. The molecular formula is C16H17IO8. The van der Waals surface area contributed by atoms with Crippen LogP contribution >= 0.6 is 22.6 Å². The van der Waals surface area contributed by atoms with Gasteiger partial charge in [0.1, 0.15) is 18.0 Å². The van der Waals surface area contributed by atoms with Crippen molar-refractivity contribution in [1.29, 1.82) is 0 Å². The normalized spacial score (nSPS) is 26.7. The lowest BCUT2D eigenvalue weighted by atomic mass is 10.0. The number of esters is 1. The first-order chi connectivity index (χ1) is 11.8. The van der Waals surface area contributed by atoms with E-state index in [1.165, 1.54) is 22.6 Å². The summed E-state index contributed by atoms with van der Waals surface area (Å²) in [6, 6.07) is 6.85. The molecule has 2 bridgehead atoms. The summed E-state index contributed by atoms with van der Waals surface area (Å²) >= 11 is 1.17. The molecule has 0 aromatic heterocycles. The van der Waals surface area contributed by atoms with Gasteiger partial charge >= 0.3 is 15.9 Å². The predicted octanol–water partition coefficient (Wildman–Crippen LogP) is 1.50. The number of hydrogen-bond donors (Lipinski definition) is 2. The molecule has 2 aliphatic heterocycles. The highest BCUT2D eigenvalue weighted by atomic mass is 127. The number of rotatable bonds is 2. The third kappa shape index (κ3) is 4.60. The molecule has 2 heterocycles. The summed E-state index contributed by atoms with van der Waals surface area (Å²) in [5.74, 6) is -1.23. The van der Waals surface area contributed by atoms with Crippen LogP contribution in [0.3, 0.4) is 0 Å². The summed E-state index contributed by atoms with van der Waals surface area (Å²) < 4.78 is 18.7. The van der Waals surface area contributed by atoms with Gasteiger partial charge in [0.25, 0.3) is 0 Å². The number of carbonyl (C=O) groups excluding carboxylic acids is 2. The Balaban J connectivity index is 1.74. The maximum Gasteiger partial charge on any atom is 0.514 e. The lowest BCUT2D eigenvalue weighted by molar-refractivity contribution is -0.186. The third-order valence-electron chi connectivity index (χ3n) is 4.16. The van der Waals surface area contributed by atoms with Crippen molar-refractivity contribution in [2.75, 3.05) is 6.61 Å². The van der Waals surface area contributed by atoms with Crippen LogP contribution in [0.15, 0.2) is 24.3 Å². The van der Waals surface area contributed by atoms with Gasteiger partial charge < -0.3 is 29.2 Å². The summed E-state index contributed by atoms with van der Waals surface area (Å²) in [7, 11) is 0. The van der Waals surface area contributed by atoms with E-state index in [-0.39, 0.29) is 6.61 Å². The molecule has 1 aromatic rings. The maximum atomic E-state index is 11.9. The van der Waals surface area contributed by atoms with Gasteiger partial charge in [-0.3, -0.25) is 0 Å². The Labute approximate surface area is 157 Å². The second-order valence-electron chi connectivity index (χ2n) is 5.94. The number of benzene rings is 1. The smallest absolute Gasteiger partial charge is 0.457 e. The highest BCUT2D eigenvalue weighted by Gasteiger charge is 2.44. The van der Waals surface area contributed by atoms with E-state index in [0.29, 0.717) is 25.2 Å². The number of fused-ring (bicyclic) bond motifs is 6. The zero-order valence-electron chi connectivity index (χ0n) is 13.1. The van der Waals surface area contributed by atoms with Crippen LogP contribution in [0.4, 0.5) is 4.79 Å². The Bertz CT molecular complexity index is 639. The standard InChI is InChI=1S/C16H17IO8/c17-16(20,21)14(18)24-12-5-6-13-11(12)8-22-7-9-1-3-10(4-2-9)23-15(19)25-13/h1-4,11-13,20-21H,5-8H2/t11-,12+,13+/m1/s1. The number of hydrogen-bond acceptors (Lipinski definition) is 8. The summed E-state index contributed by atoms with van der Waals surface area (Å²) in [6.45, 7) is 0.525. The van der Waals surface area contributed by atoms with Crippen molar-refractivity contribution in [3.63, 3.8) is 0 Å². The number of ether oxygens (including phenoxy) is 4. The molecule has 136 valence electrons. The molecular weight excluding hydrogens is 447 g/mol. The molecule has 1 saturated carbocycles. The van der Waals surface area contributed by atoms with Gasteiger partial charge in [-0.25, -0.2) is 9.59 Å². The molecule has 8 nitrogen and oxygen atoms in total. The highest BCUT2D eigenvalue weighted by molar-refractivity contribution is 14.1. The second-order valence-corrected chi connectivity index (χ2v) is 7.44. The van der Waals surface area contributed by atoms with Gasteiger partial charge in [0, 0.05) is 22.6 Å². The Morgan fingerprint density at radius 2 is 1.96 bits per heavy atom. The Morgan fingerprint density at radius 1 is 1.24 bits per heavy atom. The largest absolute Gasteiger partial charge is 0.514 e. The van der Waals surface area contributed by atoms with E-state index in [2.05, 4.69) is 0 Å². The second kappa shape index (κ2) is 7.44. The van der Waals surface area contributed by atoms with Gasteiger partial charge in [-0.05, 0) is 30.5 Å². The minimum atomic E-state index is -2.61. The molecule has 1 aromatic carbocycles. The fourth-order valence-electron chi connectivity index (χ4n) is 2.93. The van der Waals surface area contributed by atoms with E-state index >= 15 is 0 Å². The van der Waals surface area contributed by atoms with Crippen molar-refractivity contribution in [2.24, 2.45) is 5.92 Å².